The maximum Gasteiger partial charge on any atom is 0.251 e. The minimum absolute atomic E-state index is 0.0704. The SMILES string of the molecule is Cc1c(Br)cc(S(N)(=O)=O)cc1C(=O)NC1CC1C. The van der Waals surface area contributed by atoms with Crippen LogP contribution in [0.25, 0.3) is 0 Å². The molecule has 0 heterocycles. The lowest BCUT2D eigenvalue weighted by Crippen LogP contribution is -2.27. The van der Waals surface area contributed by atoms with Crippen LogP contribution >= 0.6 is 15.9 Å². The van der Waals surface area contributed by atoms with Crippen LogP contribution in [0.4, 0.5) is 0 Å². The van der Waals surface area contributed by atoms with Gasteiger partial charge in [-0.3, -0.25) is 4.79 Å². The van der Waals surface area contributed by atoms with Crippen LogP contribution in [0.1, 0.15) is 29.3 Å². The second kappa shape index (κ2) is 4.88. The molecule has 0 aromatic heterocycles. The van der Waals surface area contributed by atoms with Crippen molar-refractivity contribution in [2.24, 2.45) is 11.1 Å². The molecule has 1 aliphatic carbocycles. The van der Waals surface area contributed by atoms with E-state index < -0.39 is 10.0 Å². The molecule has 104 valence electrons. The molecule has 19 heavy (non-hydrogen) atoms. The Balaban J connectivity index is 2.38. The van der Waals surface area contributed by atoms with E-state index in [2.05, 4.69) is 28.2 Å². The van der Waals surface area contributed by atoms with E-state index in [1.165, 1.54) is 12.1 Å². The first kappa shape index (κ1) is 14.5. The first-order valence-electron chi connectivity index (χ1n) is 5.84. The van der Waals surface area contributed by atoms with Gasteiger partial charge in [0, 0.05) is 16.1 Å². The minimum Gasteiger partial charge on any atom is -0.349 e. The zero-order valence-electron chi connectivity index (χ0n) is 10.6. The van der Waals surface area contributed by atoms with Gasteiger partial charge in [-0.25, -0.2) is 13.6 Å². The lowest BCUT2D eigenvalue weighted by atomic mass is 10.1. The fourth-order valence-corrected chi connectivity index (χ4v) is 3.00. The fraction of sp³-hybridized carbons (Fsp3) is 0.417. The largest absolute Gasteiger partial charge is 0.349 e. The Morgan fingerprint density at radius 3 is 2.53 bits per heavy atom. The summed E-state index contributed by atoms with van der Waals surface area (Å²) in [5.74, 6) is 0.215. The Bertz CT molecular complexity index is 643. The molecule has 0 saturated heterocycles. The number of benzene rings is 1. The summed E-state index contributed by atoms with van der Waals surface area (Å²) in [6.45, 7) is 3.80. The molecule has 0 radical (unpaired) electrons. The van der Waals surface area contributed by atoms with E-state index in [1.807, 2.05) is 0 Å². The molecule has 2 rings (SSSR count). The van der Waals surface area contributed by atoms with Crippen LogP contribution in [0.15, 0.2) is 21.5 Å². The van der Waals surface area contributed by atoms with Gasteiger partial charge in [-0.1, -0.05) is 22.9 Å². The molecule has 0 aliphatic heterocycles. The molecule has 2 unspecified atom stereocenters. The number of halogens is 1. The zero-order chi connectivity index (χ0) is 14.4. The first-order chi connectivity index (χ1) is 8.70. The molecule has 2 atom stereocenters. The number of carbonyl (C=O) groups excluding carboxylic acids is 1. The third-order valence-corrected chi connectivity index (χ3v) is 5.03. The topological polar surface area (TPSA) is 89.3 Å². The van der Waals surface area contributed by atoms with Crippen LogP contribution in [0.3, 0.4) is 0 Å². The molecule has 1 amide bonds. The average Bonchev–Trinajstić information content (AvgIpc) is 2.96. The van der Waals surface area contributed by atoms with Crippen molar-refractivity contribution in [2.75, 3.05) is 0 Å². The Hall–Kier alpha value is -0.920. The van der Waals surface area contributed by atoms with Gasteiger partial charge >= 0.3 is 0 Å². The lowest BCUT2D eigenvalue weighted by Gasteiger charge is -2.10. The number of primary sulfonamides is 1. The van der Waals surface area contributed by atoms with E-state index in [1.54, 1.807) is 6.92 Å². The molecule has 1 aromatic rings. The van der Waals surface area contributed by atoms with E-state index in [4.69, 9.17) is 5.14 Å². The van der Waals surface area contributed by atoms with Gasteiger partial charge in [0.2, 0.25) is 10.0 Å². The van der Waals surface area contributed by atoms with Crippen molar-refractivity contribution in [1.29, 1.82) is 0 Å². The summed E-state index contributed by atoms with van der Waals surface area (Å²) in [5.41, 5.74) is 1.02. The molecular weight excluding hydrogens is 332 g/mol. The van der Waals surface area contributed by atoms with Crippen LogP contribution < -0.4 is 10.5 Å². The van der Waals surface area contributed by atoms with Crippen LogP contribution in [-0.4, -0.2) is 20.4 Å². The lowest BCUT2D eigenvalue weighted by molar-refractivity contribution is 0.0948. The highest BCUT2D eigenvalue weighted by Crippen LogP contribution is 2.30. The third-order valence-electron chi connectivity index (χ3n) is 3.32. The van der Waals surface area contributed by atoms with Crippen molar-refractivity contribution < 1.29 is 13.2 Å². The number of hydrogen-bond acceptors (Lipinski definition) is 3. The summed E-state index contributed by atoms with van der Waals surface area (Å²) in [5, 5.41) is 7.97. The number of carbonyl (C=O) groups is 1. The van der Waals surface area contributed by atoms with E-state index >= 15 is 0 Å². The Morgan fingerprint density at radius 2 is 2.05 bits per heavy atom. The van der Waals surface area contributed by atoms with Crippen molar-refractivity contribution in [2.45, 2.75) is 31.2 Å². The van der Waals surface area contributed by atoms with Gasteiger partial charge in [-0.2, -0.15) is 0 Å². The molecule has 1 fully saturated rings. The summed E-state index contributed by atoms with van der Waals surface area (Å²) < 4.78 is 23.3. The highest BCUT2D eigenvalue weighted by Gasteiger charge is 2.34. The monoisotopic (exact) mass is 346 g/mol. The molecule has 3 N–H and O–H groups in total. The van der Waals surface area contributed by atoms with Crippen molar-refractivity contribution in [3.8, 4) is 0 Å². The third kappa shape index (κ3) is 3.16. The Kier molecular flexibility index (Phi) is 3.72. The van der Waals surface area contributed by atoms with Gasteiger partial charge in [-0.05, 0) is 37.0 Å². The first-order valence-corrected chi connectivity index (χ1v) is 8.18. The molecule has 1 aromatic carbocycles. The summed E-state index contributed by atoms with van der Waals surface area (Å²) >= 11 is 3.25. The molecule has 0 spiro atoms. The van der Waals surface area contributed by atoms with E-state index in [-0.39, 0.29) is 16.8 Å². The smallest absolute Gasteiger partial charge is 0.251 e. The van der Waals surface area contributed by atoms with Crippen molar-refractivity contribution in [1.82, 2.24) is 5.32 Å². The minimum atomic E-state index is -3.83. The van der Waals surface area contributed by atoms with Gasteiger partial charge in [0.25, 0.3) is 5.91 Å². The normalized spacial score (nSPS) is 22.1. The number of nitrogens with two attached hydrogens (primary N) is 1. The number of hydrogen-bond donors (Lipinski definition) is 2. The van der Waals surface area contributed by atoms with Gasteiger partial charge < -0.3 is 5.32 Å². The van der Waals surface area contributed by atoms with Gasteiger partial charge in [0.15, 0.2) is 0 Å². The molecular formula is C12H15BrN2O3S. The van der Waals surface area contributed by atoms with E-state index in [9.17, 15) is 13.2 Å². The molecule has 7 heteroatoms. The predicted molar refractivity (Wildman–Crippen MR) is 75.3 cm³/mol. The van der Waals surface area contributed by atoms with Crippen LogP contribution in [0, 0.1) is 12.8 Å². The van der Waals surface area contributed by atoms with Gasteiger partial charge in [0.05, 0.1) is 4.90 Å². The van der Waals surface area contributed by atoms with Crippen LogP contribution in [0.5, 0.6) is 0 Å². The highest BCUT2D eigenvalue weighted by atomic mass is 79.9. The molecule has 5 nitrogen and oxygen atoms in total. The van der Waals surface area contributed by atoms with E-state index in [0.717, 1.165) is 6.42 Å². The highest BCUT2D eigenvalue weighted by molar-refractivity contribution is 9.10. The predicted octanol–water partition coefficient (Wildman–Crippen LogP) is 1.54. The second-order valence-electron chi connectivity index (χ2n) is 4.92. The number of rotatable bonds is 3. The van der Waals surface area contributed by atoms with Crippen molar-refractivity contribution in [3.05, 3.63) is 27.7 Å². The fourth-order valence-electron chi connectivity index (χ4n) is 1.82. The number of amides is 1. The summed E-state index contributed by atoms with van der Waals surface area (Å²) in [4.78, 5) is 12.1. The molecule has 0 bridgehead atoms. The van der Waals surface area contributed by atoms with Crippen LogP contribution in [-0.2, 0) is 10.0 Å². The maximum absolute atomic E-state index is 12.1. The summed E-state index contributed by atoms with van der Waals surface area (Å²) in [7, 11) is -3.83. The van der Waals surface area contributed by atoms with Crippen molar-refractivity contribution >= 4 is 31.9 Å². The van der Waals surface area contributed by atoms with Crippen LogP contribution in [0.2, 0.25) is 0 Å². The average molecular weight is 347 g/mol. The number of nitrogens with one attached hydrogen (secondary N) is 1. The van der Waals surface area contributed by atoms with Gasteiger partial charge in [-0.15, -0.1) is 0 Å². The van der Waals surface area contributed by atoms with Gasteiger partial charge in [0.1, 0.15) is 0 Å². The molecule has 1 aliphatic rings. The maximum atomic E-state index is 12.1. The quantitative estimate of drug-likeness (QED) is 0.869. The standard InChI is InChI=1S/C12H15BrN2O3S/c1-6-3-11(6)15-12(16)9-4-8(19(14,17)18)5-10(13)7(9)2/h4-6,11H,3H2,1-2H3,(H,15,16)(H2,14,17,18). The summed E-state index contributed by atoms with van der Waals surface area (Å²) in [6, 6.07) is 2.91. The van der Waals surface area contributed by atoms with E-state index in [0.29, 0.717) is 21.5 Å². The second-order valence-corrected chi connectivity index (χ2v) is 7.33. The van der Waals surface area contributed by atoms with Crippen molar-refractivity contribution in [3.63, 3.8) is 0 Å². The zero-order valence-corrected chi connectivity index (χ0v) is 13.0. The number of sulfonamides is 1. The molecule has 1 saturated carbocycles. The Labute approximate surface area is 120 Å². The Morgan fingerprint density at radius 1 is 1.47 bits per heavy atom. The summed E-state index contributed by atoms with van der Waals surface area (Å²) in [6.07, 6.45) is 0.959.